The van der Waals surface area contributed by atoms with Gasteiger partial charge in [-0.15, -0.1) is 0 Å². The molecule has 1 aromatic carbocycles. The summed E-state index contributed by atoms with van der Waals surface area (Å²) >= 11 is 0. The van der Waals surface area contributed by atoms with E-state index in [9.17, 15) is 24.3 Å². The molecule has 1 unspecified atom stereocenters. The highest BCUT2D eigenvalue weighted by atomic mass is 16.4. The lowest BCUT2D eigenvalue weighted by molar-refractivity contribution is -0.143. The molecular weight excluding hydrogens is 350 g/mol. The second-order valence-electron chi connectivity index (χ2n) is 7.48. The van der Waals surface area contributed by atoms with Gasteiger partial charge in [0.1, 0.15) is 18.2 Å². The molecule has 3 amide bonds. The van der Waals surface area contributed by atoms with E-state index < -0.39 is 23.6 Å². The predicted molar refractivity (Wildman–Crippen MR) is 97.0 cm³/mol. The first-order valence-corrected chi connectivity index (χ1v) is 8.93. The van der Waals surface area contributed by atoms with E-state index in [1.165, 1.54) is 4.90 Å². The fraction of sp³-hybridized carbons (Fsp3) is 0.474. The number of fused-ring (bicyclic) bond motifs is 3. The highest BCUT2D eigenvalue weighted by Gasteiger charge is 2.53. The molecule has 1 fully saturated rings. The molecule has 0 saturated carbocycles. The van der Waals surface area contributed by atoms with Gasteiger partial charge < -0.3 is 15.3 Å². The van der Waals surface area contributed by atoms with Gasteiger partial charge in [0.15, 0.2) is 0 Å². The fourth-order valence-electron chi connectivity index (χ4n) is 3.82. The molecule has 0 aliphatic carbocycles. The molecule has 2 aliphatic rings. The van der Waals surface area contributed by atoms with Gasteiger partial charge in [0.05, 0.1) is 11.3 Å². The van der Waals surface area contributed by atoms with Gasteiger partial charge in [-0.05, 0) is 31.4 Å². The number of aliphatic carboxylic acids is 1. The first kappa shape index (κ1) is 18.9. The number of rotatable bonds is 5. The van der Waals surface area contributed by atoms with Crippen molar-refractivity contribution in [3.63, 3.8) is 0 Å². The van der Waals surface area contributed by atoms with Gasteiger partial charge in [-0.2, -0.15) is 0 Å². The Morgan fingerprint density at radius 3 is 2.56 bits per heavy atom. The van der Waals surface area contributed by atoms with E-state index in [2.05, 4.69) is 5.32 Å². The zero-order valence-corrected chi connectivity index (χ0v) is 15.6. The maximum Gasteiger partial charge on any atom is 0.326 e. The van der Waals surface area contributed by atoms with Gasteiger partial charge >= 0.3 is 5.97 Å². The van der Waals surface area contributed by atoms with Crippen molar-refractivity contribution < 1.29 is 24.3 Å². The molecule has 2 aliphatic heterocycles. The van der Waals surface area contributed by atoms with Crippen LogP contribution in [0, 0.1) is 5.92 Å². The molecule has 2 heterocycles. The number of anilines is 1. The predicted octanol–water partition coefficient (Wildman–Crippen LogP) is 1.21. The third-order valence-electron chi connectivity index (χ3n) is 5.30. The summed E-state index contributed by atoms with van der Waals surface area (Å²) in [5.41, 5.74) is -0.0393. The van der Waals surface area contributed by atoms with E-state index in [4.69, 9.17) is 0 Å². The topological polar surface area (TPSA) is 107 Å². The largest absolute Gasteiger partial charge is 0.480 e. The van der Waals surface area contributed by atoms with E-state index in [0.29, 0.717) is 17.7 Å². The Bertz CT molecular complexity index is 821. The molecule has 0 spiro atoms. The molecule has 3 rings (SSSR count). The van der Waals surface area contributed by atoms with Crippen LogP contribution >= 0.6 is 0 Å². The van der Waals surface area contributed by atoms with Crippen LogP contribution in [0.1, 0.15) is 44.0 Å². The summed E-state index contributed by atoms with van der Waals surface area (Å²) in [5.74, 6) is -2.44. The van der Waals surface area contributed by atoms with Crippen molar-refractivity contribution in [2.45, 2.75) is 45.3 Å². The minimum absolute atomic E-state index is 0.103. The Hall–Kier alpha value is -2.90. The average molecular weight is 373 g/mol. The second kappa shape index (κ2) is 6.68. The van der Waals surface area contributed by atoms with Gasteiger partial charge in [-0.3, -0.25) is 19.3 Å². The number of nitrogens with one attached hydrogen (secondary N) is 1. The molecule has 2 N–H and O–H groups in total. The number of carboxylic acid groups (broad SMARTS) is 1. The van der Waals surface area contributed by atoms with Crippen molar-refractivity contribution in [3.8, 4) is 0 Å². The Balaban J connectivity index is 1.91. The first-order chi connectivity index (χ1) is 12.7. The van der Waals surface area contributed by atoms with Crippen molar-refractivity contribution in [2.24, 2.45) is 5.92 Å². The van der Waals surface area contributed by atoms with Gasteiger partial charge in [0.2, 0.25) is 11.8 Å². The van der Waals surface area contributed by atoms with Crippen LogP contribution < -0.4 is 10.2 Å². The molecule has 8 heteroatoms. The Morgan fingerprint density at radius 2 is 1.93 bits per heavy atom. The Morgan fingerprint density at radius 1 is 1.26 bits per heavy atom. The van der Waals surface area contributed by atoms with Crippen LogP contribution in [0.15, 0.2) is 24.3 Å². The Labute approximate surface area is 157 Å². The number of carbonyl (C=O) groups excluding carboxylic acids is 3. The summed E-state index contributed by atoms with van der Waals surface area (Å²) in [5, 5.41) is 11.7. The zero-order chi connectivity index (χ0) is 19.9. The molecule has 144 valence electrons. The molecular formula is C19H23N3O5. The van der Waals surface area contributed by atoms with Gasteiger partial charge in [0.25, 0.3) is 5.91 Å². The summed E-state index contributed by atoms with van der Waals surface area (Å²) in [7, 11) is 0. The van der Waals surface area contributed by atoms with Crippen molar-refractivity contribution in [3.05, 3.63) is 29.8 Å². The van der Waals surface area contributed by atoms with Crippen molar-refractivity contribution in [2.75, 3.05) is 11.4 Å². The van der Waals surface area contributed by atoms with Crippen LogP contribution in [0.4, 0.5) is 5.69 Å². The van der Waals surface area contributed by atoms with E-state index in [1.54, 1.807) is 49.9 Å². The summed E-state index contributed by atoms with van der Waals surface area (Å²) < 4.78 is 0. The standard InChI is InChI=1S/C19H23N3O5/c1-11(2)16(18(26)27)20-14(23)10-21-17(25)12-6-4-5-7-13(12)22-15(24)8-9-19(21,22)3/h4-7,11,16H,8-10H2,1-3H3,(H,20,23)(H,26,27)/t16-,19?/m1/s1. The lowest BCUT2D eigenvalue weighted by atomic mass is 9.98. The molecule has 1 saturated heterocycles. The molecule has 0 bridgehead atoms. The lowest BCUT2D eigenvalue weighted by Crippen LogP contribution is -2.64. The zero-order valence-electron chi connectivity index (χ0n) is 15.6. The number of carboxylic acids is 1. The summed E-state index contributed by atoms with van der Waals surface area (Å²) in [6, 6.07) is 5.78. The highest BCUT2D eigenvalue weighted by molar-refractivity contribution is 6.11. The van der Waals surface area contributed by atoms with Gasteiger partial charge in [0, 0.05) is 6.42 Å². The number of hydrogen-bond donors (Lipinski definition) is 2. The molecule has 27 heavy (non-hydrogen) atoms. The number of nitrogens with zero attached hydrogens (tertiary/aromatic N) is 2. The van der Waals surface area contributed by atoms with E-state index in [1.807, 2.05) is 0 Å². The van der Waals surface area contributed by atoms with Crippen LogP contribution in [0.2, 0.25) is 0 Å². The van der Waals surface area contributed by atoms with Crippen molar-refractivity contribution >= 4 is 29.4 Å². The van der Waals surface area contributed by atoms with E-state index in [0.717, 1.165) is 0 Å². The van der Waals surface area contributed by atoms with E-state index >= 15 is 0 Å². The molecule has 1 aromatic rings. The van der Waals surface area contributed by atoms with Crippen molar-refractivity contribution in [1.82, 2.24) is 10.2 Å². The fourth-order valence-corrected chi connectivity index (χ4v) is 3.82. The molecule has 0 aromatic heterocycles. The van der Waals surface area contributed by atoms with Gasteiger partial charge in [-0.1, -0.05) is 26.0 Å². The van der Waals surface area contributed by atoms with Crippen LogP contribution in [0.3, 0.4) is 0 Å². The Kier molecular flexibility index (Phi) is 4.67. The number of hydrogen-bond acceptors (Lipinski definition) is 4. The maximum atomic E-state index is 13.1. The number of carbonyl (C=O) groups is 4. The van der Waals surface area contributed by atoms with E-state index in [-0.39, 0.29) is 30.7 Å². The summed E-state index contributed by atoms with van der Waals surface area (Å²) in [6.07, 6.45) is 0.686. The van der Waals surface area contributed by atoms with Gasteiger partial charge in [-0.25, -0.2) is 4.79 Å². The average Bonchev–Trinajstić information content (AvgIpc) is 2.92. The first-order valence-electron chi connectivity index (χ1n) is 8.93. The quantitative estimate of drug-likeness (QED) is 0.807. The van der Waals surface area contributed by atoms with Crippen LogP contribution in [0.25, 0.3) is 0 Å². The van der Waals surface area contributed by atoms with Crippen LogP contribution in [-0.4, -0.2) is 51.9 Å². The minimum atomic E-state index is -1.13. The number of benzene rings is 1. The highest BCUT2D eigenvalue weighted by Crippen LogP contribution is 2.43. The summed E-state index contributed by atoms with van der Waals surface area (Å²) in [6.45, 7) is 4.83. The van der Waals surface area contributed by atoms with Crippen molar-refractivity contribution in [1.29, 1.82) is 0 Å². The second-order valence-corrected chi connectivity index (χ2v) is 7.48. The monoisotopic (exact) mass is 373 g/mol. The van der Waals surface area contributed by atoms with Crippen LogP contribution in [-0.2, 0) is 14.4 Å². The molecule has 0 radical (unpaired) electrons. The summed E-state index contributed by atoms with van der Waals surface area (Å²) in [4.78, 5) is 52.3. The molecule has 8 nitrogen and oxygen atoms in total. The SMILES string of the molecule is CC(C)[C@@H](NC(=O)CN1C(=O)c2ccccc2N2C(=O)CCC12C)C(=O)O. The smallest absolute Gasteiger partial charge is 0.326 e. The molecule has 2 atom stereocenters. The maximum absolute atomic E-state index is 13.1. The number of amides is 3. The van der Waals surface area contributed by atoms with Crippen LogP contribution in [0.5, 0.6) is 0 Å². The lowest BCUT2D eigenvalue weighted by Gasteiger charge is -2.48. The normalized spacial score (nSPS) is 22.5. The number of para-hydroxylation sites is 1. The third-order valence-corrected chi connectivity index (χ3v) is 5.30. The minimum Gasteiger partial charge on any atom is -0.480 e. The third kappa shape index (κ3) is 3.05.